The van der Waals surface area contributed by atoms with Gasteiger partial charge in [-0.05, 0) is 44.5 Å². The zero-order valence-corrected chi connectivity index (χ0v) is 12.3. The lowest BCUT2D eigenvalue weighted by molar-refractivity contribution is 0.294. The van der Waals surface area contributed by atoms with Crippen LogP contribution in [0.5, 0.6) is 5.75 Å². The summed E-state index contributed by atoms with van der Waals surface area (Å²) >= 11 is 5.97. The highest BCUT2D eigenvalue weighted by Gasteiger charge is 2.34. The van der Waals surface area contributed by atoms with Crippen LogP contribution in [0.3, 0.4) is 0 Å². The number of ether oxygens (including phenoxy) is 1. The number of hydrogen-bond acceptors (Lipinski definition) is 3. The molecule has 0 aliphatic carbocycles. The van der Waals surface area contributed by atoms with Gasteiger partial charge in [0.05, 0.1) is 12.1 Å². The molecule has 0 spiro atoms. The van der Waals surface area contributed by atoms with Crippen molar-refractivity contribution in [1.82, 2.24) is 4.90 Å². The molecule has 2 unspecified atom stereocenters. The zero-order valence-electron chi connectivity index (χ0n) is 11.5. The Kier molecular flexibility index (Phi) is 4.33. The van der Waals surface area contributed by atoms with E-state index in [0.717, 1.165) is 18.5 Å². The third-order valence-corrected chi connectivity index (χ3v) is 4.17. The summed E-state index contributed by atoms with van der Waals surface area (Å²) in [5.74, 6) is 0.605. The highest BCUT2D eigenvalue weighted by atomic mass is 35.5. The van der Waals surface area contributed by atoms with Crippen molar-refractivity contribution in [2.45, 2.75) is 19.4 Å². The predicted molar refractivity (Wildman–Crippen MR) is 75.2 cm³/mol. The lowest BCUT2D eigenvalue weighted by atomic mass is 9.96. The molecule has 0 amide bonds. The van der Waals surface area contributed by atoms with E-state index in [1.54, 1.807) is 13.2 Å². The molecule has 1 aromatic carbocycles. The van der Waals surface area contributed by atoms with Crippen LogP contribution in [0, 0.1) is 18.7 Å². The number of rotatable bonds is 3. The Morgan fingerprint density at radius 3 is 2.79 bits per heavy atom. The normalized spacial score (nSPS) is 23.9. The highest BCUT2D eigenvalue weighted by Crippen LogP contribution is 2.42. The molecule has 1 heterocycles. The molecule has 2 atom stereocenters. The molecule has 1 saturated heterocycles. The Hall–Kier alpha value is -0.840. The minimum Gasteiger partial charge on any atom is -0.496 e. The minimum atomic E-state index is -0.376. The van der Waals surface area contributed by atoms with Crippen molar-refractivity contribution in [1.29, 1.82) is 0 Å². The fourth-order valence-electron chi connectivity index (χ4n) is 2.94. The molecule has 3 nitrogen and oxygen atoms in total. The number of halogens is 2. The quantitative estimate of drug-likeness (QED) is 0.928. The molecular formula is C14H20ClFN2O. The first-order chi connectivity index (χ1) is 8.99. The molecule has 1 fully saturated rings. The van der Waals surface area contributed by atoms with Crippen molar-refractivity contribution >= 4 is 11.6 Å². The molecular weight excluding hydrogens is 267 g/mol. The molecule has 0 bridgehead atoms. The molecule has 1 aliphatic heterocycles. The van der Waals surface area contributed by atoms with E-state index in [9.17, 15) is 4.39 Å². The summed E-state index contributed by atoms with van der Waals surface area (Å²) in [6, 6.07) is 1.58. The van der Waals surface area contributed by atoms with Gasteiger partial charge in [0.2, 0.25) is 0 Å². The number of hydrogen-bond donors (Lipinski definition) is 1. The molecule has 19 heavy (non-hydrogen) atoms. The Bertz CT molecular complexity index is 481. The standard InChI is InChI=1S/C14H20ClFN2O/c1-8-4-10(15)13(16)12(14(8)19-3)11-5-9(6-17)7-18(11)2/h4,9,11H,5-7,17H2,1-3H3. The smallest absolute Gasteiger partial charge is 0.150 e. The highest BCUT2D eigenvalue weighted by molar-refractivity contribution is 6.31. The third kappa shape index (κ3) is 2.57. The number of nitrogens with two attached hydrogens (primary N) is 1. The summed E-state index contributed by atoms with van der Waals surface area (Å²) in [6.45, 7) is 3.36. The van der Waals surface area contributed by atoms with Crippen LogP contribution in [0.2, 0.25) is 5.02 Å². The molecule has 2 N–H and O–H groups in total. The topological polar surface area (TPSA) is 38.5 Å². The second-order valence-electron chi connectivity index (χ2n) is 5.23. The van der Waals surface area contributed by atoms with Crippen LogP contribution in [0.1, 0.15) is 23.6 Å². The van der Waals surface area contributed by atoms with Gasteiger partial charge in [-0.3, -0.25) is 4.90 Å². The van der Waals surface area contributed by atoms with E-state index in [-0.39, 0.29) is 16.9 Å². The van der Waals surface area contributed by atoms with Gasteiger partial charge in [0, 0.05) is 18.2 Å². The Morgan fingerprint density at radius 1 is 1.58 bits per heavy atom. The Morgan fingerprint density at radius 2 is 2.26 bits per heavy atom. The van der Waals surface area contributed by atoms with E-state index < -0.39 is 0 Å². The molecule has 0 radical (unpaired) electrons. The van der Waals surface area contributed by atoms with Crippen LogP contribution in [-0.4, -0.2) is 32.1 Å². The summed E-state index contributed by atoms with van der Waals surface area (Å²) in [6.07, 6.45) is 0.833. The first kappa shape index (κ1) is 14.6. The largest absolute Gasteiger partial charge is 0.496 e. The van der Waals surface area contributed by atoms with Crippen LogP contribution >= 0.6 is 11.6 Å². The van der Waals surface area contributed by atoms with Gasteiger partial charge in [-0.1, -0.05) is 11.6 Å². The van der Waals surface area contributed by atoms with Gasteiger partial charge < -0.3 is 10.5 Å². The van der Waals surface area contributed by atoms with Crippen molar-refractivity contribution in [2.75, 3.05) is 27.2 Å². The SMILES string of the molecule is COc1c(C)cc(Cl)c(F)c1C1CC(CN)CN1C. The molecule has 0 saturated carbocycles. The maximum atomic E-state index is 14.4. The minimum absolute atomic E-state index is 0.0269. The van der Waals surface area contributed by atoms with Crippen LogP contribution in [0.25, 0.3) is 0 Å². The van der Waals surface area contributed by atoms with E-state index in [1.807, 2.05) is 14.0 Å². The van der Waals surface area contributed by atoms with Gasteiger partial charge >= 0.3 is 0 Å². The van der Waals surface area contributed by atoms with Gasteiger partial charge in [-0.15, -0.1) is 0 Å². The van der Waals surface area contributed by atoms with Gasteiger partial charge in [-0.2, -0.15) is 0 Å². The summed E-state index contributed by atoms with van der Waals surface area (Å²) in [4.78, 5) is 2.12. The van der Waals surface area contributed by atoms with E-state index in [1.165, 1.54) is 0 Å². The van der Waals surface area contributed by atoms with Crippen LogP contribution in [0.15, 0.2) is 6.07 Å². The molecule has 106 valence electrons. The first-order valence-electron chi connectivity index (χ1n) is 6.42. The van der Waals surface area contributed by atoms with E-state index >= 15 is 0 Å². The van der Waals surface area contributed by atoms with E-state index in [0.29, 0.717) is 23.8 Å². The lowest BCUT2D eigenvalue weighted by Crippen LogP contribution is -2.21. The zero-order chi connectivity index (χ0) is 14.2. The lowest BCUT2D eigenvalue weighted by Gasteiger charge is -2.24. The molecule has 5 heteroatoms. The van der Waals surface area contributed by atoms with Crippen molar-refractivity contribution in [3.05, 3.63) is 28.0 Å². The summed E-state index contributed by atoms with van der Waals surface area (Å²) in [5.41, 5.74) is 7.14. The molecule has 2 rings (SSSR count). The fourth-order valence-corrected chi connectivity index (χ4v) is 3.21. The molecule has 1 aliphatic rings. The van der Waals surface area contributed by atoms with Gasteiger partial charge in [0.15, 0.2) is 0 Å². The van der Waals surface area contributed by atoms with Gasteiger partial charge in [0.25, 0.3) is 0 Å². The van der Waals surface area contributed by atoms with Crippen LogP contribution in [0.4, 0.5) is 4.39 Å². The summed E-state index contributed by atoms with van der Waals surface area (Å²) < 4.78 is 19.8. The van der Waals surface area contributed by atoms with E-state index in [2.05, 4.69) is 4.90 Å². The van der Waals surface area contributed by atoms with Crippen molar-refractivity contribution in [3.63, 3.8) is 0 Å². The monoisotopic (exact) mass is 286 g/mol. The van der Waals surface area contributed by atoms with Gasteiger partial charge in [-0.25, -0.2) is 4.39 Å². The maximum Gasteiger partial charge on any atom is 0.150 e. The summed E-state index contributed by atoms with van der Waals surface area (Å²) in [7, 11) is 3.55. The van der Waals surface area contributed by atoms with Crippen molar-refractivity contribution < 1.29 is 9.13 Å². The molecule has 0 aromatic heterocycles. The molecule has 1 aromatic rings. The van der Waals surface area contributed by atoms with E-state index in [4.69, 9.17) is 22.1 Å². The predicted octanol–water partition coefficient (Wildman–Crippen LogP) is 2.75. The second kappa shape index (κ2) is 5.65. The van der Waals surface area contributed by atoms with Crippen LogP contribution < -0.4 is 10.5 Å². The number of likely N-dealkylation sites (tertiary alicyclic amines) is 1. The number of benzene rings is 1. The van der Waals surface area contributed by atoms with Gasteiger partial charge in [0.1, 0.15) is 11.6 Å². The Labute approximate surface area is 118 Å². The number of methoxy groups -OCH3 is 1. The average molecular weight is 287 g/mol. The van der Waals surface area contributed by atoms with Crippen LogP contribution in [-0.2, 0) is 0 Å². The van der Waals surface area contributed by atoms with Crippen molar-refractivity contribution in [3.8, 4) is 5.75 Å². The summed E-state index contributed by atoms with van der Waals surface area (Å²) in [5, 5.41) is 0.151. The Balaban J connectivity index is 2.49. The first-order valence-corrected chi connectivity index (χ1v) is 6.80. The second-order valence-corrected chi connectivity index (χ2v) is 5.64. The maximum absolute atomic E-state index is 14.4. The average Bonchev–Trinajstić information content (AvgIpc) is 2.74. The fraction of sp³-hybridized carbons (Fsp3) is 0.571. The third-order valence-electron chi connectivity index (χ3n) is 3.90. The van der Waals surface area contributed by atoms with Crippen molar-refractivity contribution in [2.24, 2.45) is 11.7 Å². The number of nitrogens with zero attached hydrogens (tertiary/aromatic N) is 1. The number of aryl methyl sites for hydroxylation is 1.